The first-order chi connectivity index (χ1) is 15.0. The number of ether oxygens (including phenoxy) is 1. The summed E-state index contributed by atoms with van der Waals surface area (Å²) in [5.41, 5.74) is 0.964. The maximum Gasteiger partial charge on any atom is 0.242 e. The average molecular weight is 482 g/mol. The fourth-order valence-electron chi connectivity index (χ4n) is 3.34. The Labute approximate surface area is 188 Å². The highest BCUT2D eigenvalue weighted by atomic mass is 32.2. The van der Waals surface area contributed by atoms with E-state index in [1.165, 1.54) is 35.7 Å². The summed E-state index contributed by atoms with van der Waals surface area (Å²) in [6.07, 6.45) is 0.575. The average Bonchev–Trinajstić information content (AvgIpc) is 3.11. The van der Waals surface area contributed by atoms with E-state index in [1.54, 1.807) is 38.1 Å². The number of amides is 1. The number of benzene rings is 2. The SMILES string of the molecule is COc1ccc(S(=O)(=O)N[C@H](C(=O)Nc2ccc(N3CCCS3(=O)=O)cc2)C(C)C)cc1. The molecule has 1 aliphatic rings. The Hall–Kier alpha value is -2.63. The Kier molecular flexibility index (Phi) is 7.11. The first kappa shape index (κ1) is 24.0. The van der Waals surface area contributed by atoms with Gasteiger partial charge in [-0.15, -0.1) is 0 Å². The Balaban J connectivity index is 1.72. The van der Waals surface area contributed by atoms with E-state index in [4.69, 9.17) is 4.74 Å². The summed E-state index contributed by atoms with van der Waals surface area (Å²) in [5, 5.41) is 2.70. The highest BCUT2D eigenvalue weighted by molar-refractivity contribution is 7.93. The van der Waals surface area contributed by atoms with Crippen LogP contribution in [0.3, 0.4) is 0 Å². The molecule has 2 aromatic rings. The minimum absolute atomic E-state index is 0.0212. The summed E-state index contributed by atoms with van der Waals surface area (Å²) in [7, 11) is -5.74. The van der Waals surface area contributed by atoms with Gasteiger partial charge in [0.2, 0.25) is 26.0 Å². The lowest BCUT2D eigenvalue weighted by Gasteiger charge is -2.22. The number of nitrogens with one attached hydrogen (secondary N) is 2. The van der Waals surface area contributed by atoms with Gasteiger partial charge >= 0.3 is 0 Å². The number of methoxy groups -OCH3 is 1. The minimum Gasteiger partial charge on any atom is -0.497 e. The molecular weight excluding hydrogens is 454 g/mol. The molecule has 3 rings (SSSR count). The fourth-order valence-corrected chi connectivity index (χ4v) is 6.25. The van der Waals surface area contributed by atoms with E-state index < -0.39 is 32.0 Å². The van der Waals surface area contributed by atoms with Crippen LogP contribution >= 0.6 is 0 Å². The lowest BCUT2D eigenvalue weighted by Crippen LogP contribution is -2.47. The second-order valence-electron chi connectivity index (χ2n) is 7.80. The molecule has 1 fully saturated rings. The third kappa shape index (κ3) is 5.40. The van der Waals surface area contributed by atoms with Crippen LogP contribution in [0.1, 0.15) is 20.3 Å². The molecule has 0 saturated carbocycles. The van der Waals surface area contributed by atoms with Crippen LogP contribution in [0.2, 0.25) is 0 Å². The van der Waals surface area contributed by atoms with Crippen LogP contribution in [0.25, 0.3) is 0 Å². The number of nitrogens with zero attached hydrogens (tertiary/aromatic N) is 1. The molecular formula is C21H27N3O6S2. The number of carbonyl (C=O) groups is 1. The zero-order valence-corrected chi connectivity index (χ0v) is 19.7. The summed E-state index contributed by atoms with van der Waals surface area (Å²) in [6, 6.07) is 11.3. The monoisotopic (exact) mass is 481 g/mol. The molecule has 0 radical (unpaired) electrons. The van der Waals surface area contributed by atoms with Gasteiger partial charge in [0.25, 0.3) is 0 Å². The minimum atomic E-state index is -3.94. The normalized spacial score (nSPS) is 16.7. The van der Waals surface area contributed by atoms with Crippen molar-refractivity contribution in [2.45, 2.75) is 31.2 Å². The van der Waals surface area contributed by atoms with E-state index in [2.05, 4.69) is 10.0 Å². The van der Waals surface area contributed by atoms with Crippen molar-refractivity contribution in [1.29, 1.82) is 0 Å². The van der Waals surface area contributed by atoms with Crippen molar-refractivity contribution < 1.29 is 26.4 Å². The third-order valence-corrected chi connectivity index (χ3v) is 8.45. The predicted octanol–water partition coefficient (Wildman–Crippen LogP) is 2.18. The maximum absolute atomic E-state index is 12.8. The van der Waals surface area contributed by atoms with Crippen LogP contribution < -0.4 is 19.1 Å². The van der Waals surface area contributed by atoms with Crippen molar-refractivity contribution in [2.75, 3.05) is 29.0 Å². The van der Waals surface area contributed by atoms with Gasteiger partial charge in [-0.3, -0.25) is 9.10 Å². The molecule has 32 heavy (non-hydrogen) atoms. The molecule has 0 aromatic heterocycles. The second-order valence-corrected chi connectivity index (χ2v) is 11.5. The number of hydrogen-bond acceptors (Lipinski definition) is 6. The van der Waals surface area contributed by atoms with Gasteiger partial charge in [-0.05, 0) is 60.9 Å². The molecule has 1 saturated heterocycles. The molecule has 0 aliphatic carbocycles. The smallest absolute Gasteiger partial charge is 0.242 e. The lowest BCUT2D eigenvalue weighted by atomic mass is 10.0. The highest BCUT2D eigenvalue weighted by Gasteiger charge is 2.30. The van der Waals surface area contributed by atoms with Gasteiger partial charge in [-0.1, -0.05) is 13.8 Å². The summed E-state index contributed by atoms with van der Waals surface area (Å²) in [6.45, 7) is 3.90. The van der Waals surface area contributed by atoms with Gasteiger partial charge < -0.3 is 10.1 Å². The van der Waals surface area contributed by atoms with E-state index in [1.807, 2.05) is 0 Å². The van der Waals surface area contributed by atoms with E-state index in [9.17, 15) is 21.6 Å². The van der Waals surface area contributed by atoms with Crippen molar-refractivity contribution in [3.8, 4) is 5.75 Å². The Bertz CT molecular complexity index is 1160. The van der Waals surface area contributed by atoms with Crippen molar-refractivity contribution in [2.24, 2.45) is 5.92 Å². The standard InChI is InChI=1S/C21H27N3O6S2/c1-15(2)20(23-32(28,29)19-11-9-18(30-3)10-12-19)21(25)22-16-5-7-17(8-6-16)24-13-4-14-31(24,26)27/h5-12,15,20,23H,4,13-14H2,1-3H3,(H,22,25)/t20-/m0/s1. The first-order valence-electron chi connectivity index (χ1n) is 10.1. The fraction of sp³-hybridized carbons (Fsp3) is 0.381. The van der Waals surface area contributed by atoms with E-state index in [0.717, 1.165) is 0 Å². The summed E-state index contributed by atoms with van der Waals surface area (Å²) < 4.78 is 58.5. The van der Waals surface area contributed by atoms with Gasteiger partial charge in [0.05, 0.1) is 23.4 Å². The summed E-state index contributed by atoms with van der Waals surface area (Å²) in [5.74, 6) is -0.196. The predicted molar refractivity (Wildman–Crippen MR) is 123 cm³/mol. The summed E-state index contributed by atoms with van der Waals surface area (Å²) in [4.78, 5) is 12.9. The van der Waals surface area contributed by atoms with E-state index >= 15 is 0 Å². The van der Waals surface area contributed by atoms with Crippen LogP contribution in [0.4, 0.5) is 11.4 Å². The summed E-state index contributed by atoms with van der Waals surface area (Å²) >= 11 is 0. The third-order valence-electron chi connectivity index (χ3n) is 5.12. The Morgan fingerprint density at radius 1 is 1.06 bits per heavy atom. The number of anilines is 2. The van der Waals surface area contributed by atoms with Crippen molar-refractivity contribution >= 4 is 37.3 Å². The molecule has 174 valence electrons. The second kappa shape index (κ2) is 9.47. The van der Waals surface area contributed by atoms with Gasteiger partial charge in [0.15, 0.2) is 0 Å². The van der Waals surface area contributed by atoms with Crippen molar-refractivity contribution in [1.82, 2.24) is 4.72 Å². The van der Waals surface area contributed by atoms with Gasteiger partial charge in [-0.2, -0.15) is 4.72 Å². The first-order valence-corrected chi connectivity index (χ1v) is 13.2. The zero-order valence-electron chi connectivity index (χ0n) is 18.1. The molecule has 1 amide bonds. The molecule has 9 nitrogen and oxygen atoms in total. The number of rotatable bonds is 8. The van der Waals surface area contributed by atoms with Crippen LogP contribution in [-0.2, 0) is 24.8 Å². The largest absolute Gasteiger partial charge is 0.497 e. The molecule has 1 atom stereocenters. The van der Waals surface area contributed by atoms with Crippen LogP contribution in [-0.4, -0.2) is 48.2 Å². The molecule has 1 heterocycles. The topological polar surface area (TPSA) is 122 Å². The molecule has 0 bridgehead atoms. The van der Waals surface area contributed by atoms with Crippen molar-refractivity contribution in [3.63, 3.8) is 0 Å². The quantitative estimate of drug-likeness (QED) is 0.596. The Morgan fingerprint density at radius 3 is 2.19 bits per heavy atom. The van der Waals surface area contributed by atoms with Crippen LogP contribution in [0.5, 0.6) is 5.75 Å². The molecule has 0 unspecified atom stereocenters. The van der Waals surface area contributed by atoms with Gasteiger partial charge in [0.1, 0.15) is 11.8 Å². The van der Waals surface area contributed by atoms with Gasteiger partial charge in [-0.25, -0.2) is 16.8 Å². The molecule has 2 aromatic carbocycles. The molecule has 2 N–H and O–H groups in total. The number of carbonyl (C=O) groups excluding carboxylic acids is 1. The van der Waals surface area contributed by atoms with Crippen LogP contribution in [0, 0.1) is 5.92 Å². The molecule has 11 heteroatoms. The van der Waals surface area contributed by atoms with E-state index in [-0.39, 0.29) is 16.6 Å². The number of sulfonamides is 2. The van der Waals surface area contributed by atoms with E-state index in [0.29, 0.717) is 30.1 Å². The maximum atomic E-state index is 12.8. The lowest BCUT2D eigenvalue weighted by molar-refractivity contribution is -0.118. The molecule has 1 aliphatic heterocycles. The van der Waals surface area contributed by atoms with Gasteiger partial charge in [0, 0.05) is 12.2 Å². The van der Waals surface area contributed by atoms with Crippen LogP contribution in [0.15, 0.2) is 53.4 Å². The number of hydrogen-bond donors (Lipinski definition) is 2. The highest BCUT2D eigenvalue weighted by Crippen LogP contribution is 2.25. The zero-order chi connectivity index (χ0) is 23.5. The Morgan fingerprint density at radius 2 is 1.69 bits per heavy atom. The molecule has 0 spiro atoms. The van der Waals surface area contributed by atoms with Crippen molar-refractivity contribution in [3.05, 3.63) is 48.5 Å².